The van der Waals surface area contributed by atoms with E-state index in [0.717, 1.165) is 18.4 Å². The summed E-state index contributed by atoms with van der Waals surface area (Å²) in [7, 11) is 1.16. The Morgan fingerprint density at radius 1 is 1.22 bits per heavy atom. The third-order valence-electron chi connectivity index (χ3n) is 2.91. The molecule has 154 valence electrons. The van der Waals surface area contributed by atoms with Gasteiger partial charge >= 0.3 is 12.0 Å². The molecule has 0 aliphatic carbocycles. The van der Waals surface area contributed by atoms with E-state index in [2.05, 4.69) is 31.3 Å². The molecule has 1 aromatic heterocycles. The minimum atomic E-state index is -1.17. The van der Waals surface area contributed by atoms with Crippen molar-refractivity contribution < 1.29 is 29.3 Å². The number of rotatable bonds is 7. The molecule has 3 amide bonds. The molecule has 0 fully saturated rings. The number of primary amides is 1. The van der Waals surface area contributed by atoms with E-state index < -0.39 is 36.3 Å². The van der Waals surface area contributed by atoms with Gasteiger partial charge in [-0.05, 0) is 13.8 Å². The second-order valence-electron chi connectivity index (χ2n) is 5.48. The van der Waals surface area contributed by atoms with Crippen LogP contribution >= 0.6 is 11.3 Å². The van der Waals surface area contributed by atoms with Gasteiger partial charge in [-0.3, -0.25) is 4.79 Å². The van der Waals surface area contributed by atoms with Crippen LogP contribution in [-0.4, -0.2) is 63.7 Å². The maximum Gasteiger partial charge on any atom is 0.331 e. The van der Waals surface area contributed by atoms with Crippen molar-refractivity contribution >= 4 is 29.2 Å². The quantitative estimate of drug-likeness (QED) is 0.280. The maximum absolute atomic E-state index is 11.8. The highest BCUT2D eigenvalue weighted by molar-refractivity contribution is 7.11. The Kier molecular flexibility index (Phi) is 11.1. The van der Waals surface area contributed by atoms with Gasteiger partial charge < -0.3 is 37.1 Å². The molecular weight excluding hydrogens is 380 g/mol. The number of amides is 3. The molecule has 0 saturated heterocycles. The van der Waals surface area contributed by atoms with Gasteiger partial charge in [0, 0.05) is 6.92 Å². The number of aliphatic hydroxyl groups excluding tert-OH is 2. The Labute approximate surface area is 160 Å². The summed E-state index contributed by atoms with van der Waals surface area (Å²) in [5.74, 6) is -1.09. The molecule has 12 nitrogen and oxygen atoms in total. The highest BCUT2D eigenvalue weighted by Crippen LogP contribution is 2.18. The van der Waals surface area contributed by atoms with Crippen molar-refractivity contribution in [2.75, 3.05) is 7.11 Å². The highest BCUT2D eigenvalue weighted by atomic mass is 32.1. The molecule has 0 aromatic carbocycles. The Morgan fingerprint density at radius 2 is 1.78 bits per heavy atom. The van der Waals surface area contributed by atoms with Gasteiger partial charge in [-0.1, -0.05) is 11.3 Å². The zero-order valence-electron chi connectivity index (χ0n) is 15.5. The number of urea groups is 1. The van der Waals surface area contributed by atoms with E-state index >= 15 is 0 Å². The predicted molar refractivity (Wildman–Crippen MR) is 96.2 cm³/mol. The monoisotopic (exact) mass is 406 g/mol. The Bertz CT molecular complexity index is 619. The number of aromatic nitrogens is 2. The standard InChI is InChI=1S/C12H21N5O5S.C2H5NO/c1-5(18)8(13)10-17-16-7(23-10)4-14-12(21)15-9(6(2)19)11(20)22-3;1-2(3)4/h5-6,8-9,18-19H,4,13H2,1-3H3,(H2,14,15,21);1H3,(H2,3,4). The summed E-state index contributed by atoms with van der Waals surface area (Å²) >= 11 is 1.16. The Hall–Kier alpha value is -2.35. The zero-order valence-corrected chi connectivity index (χ0v) is 16.3. The molecule has 8 N–H and O–H groups in total. The third-order valence-corrected chi connectivity index (χ3v) is 3.94. The molecular formula is C14H26N6O6S. The van der Waals surface area contributed by atoms with Crippen LogP contribution in [0, 0.1) is 0 Å². The zero-order chi connectivity index (χ0) is 21.1. The number of nitrogens with zero attached hydrogens (tertiary/aromatic N) is 2. The molecule has 27 heavy (non-hydrogen) atoms. The van der Waals surface area contributed by atoms with Gasteiger partial charge in [-0.2, -0.15) is 0 Å². The summed E-state index contributed by atoms with van der Waals surface area (Å²) in [6.07, 6.45) is -1.87. The molecule has 0 radical (unpaired) electrons. The molecule has 13 heteroatoms. The minimum Gasteiger partial charge on any atom is -0.467 e. The van der Waals surface area contributed by atoms with Crippen LogP contribution in [0.3, 0.4) is 0 Å². The Morgan fingerprint density at radius 3 is 2.22 bits per heavy atom. The molecule has 4 atom stereocenters. The van der Waals surface area contributed by atoms with Crippen LogP contribution < -0.4 is 22.1 Å². The lowest BCUT2D eigenvalue weighted by Gasteiger charge is -2.18. The van der Waals surface area contributed by atoms with Gasteiger partial charge in [0.05, 0.1) is 31.9 Å². The van der Waals surface area contributed by atoms with Gasteiger partial charge in [0.2, 0.25) is 5.91 Å². The number of hydrogen-bond donors (Lipinski definition) is 6. The van der Waals surface area contributed by atoms with Crippen LogP contribution in [0.25, 0.3) is 0 Å². The van der Waals surface area contributed by atoms with E-state index in [1.165, 1.54) is 13.8 Å². The first-order chi connectivity index (χ1) is 12.5. The van der Waals surface area contributed by atoms with E-state index in [-0.39, 0.29) is 12.5 Å². The molecule has 1 heterocycles. The molecule has 4 unspecified atom stereocenters. The van der Waals surface area contributed by atoms with E-state index in [0.29, 0.717) is 10.0 Å². The lowest BCUT2D eigenvalue weighted by Crippen LogP contribution is -2.51. The van der Waals surface area contributed by atoms with E-state index in [1.54, 1.807) is 6.92 Å². The SMILES string of the molecule is CC(N)=O.COC(=O)C(NC(=O)NCc1nnc(C(N)C(C)O)s1)C(C)O. The van der Waals surface area contributed by atoms with Gasteiger partial charge in [-0.25, -0.2) is 9.59 Å². The third kappa shape index (κ3) is 9.79. The molecule has 0 aliphatic heterocycles. The van der Waals surface area contributed by atoms with Gasteiger partial charge in [-0.15, -0.1) is 10.2 Å². The summed E-state index contributed by atoms with van der Waals surface area (Å²) in [5.41, 5.74) is 10.2. The molecule has 1 aromatic rings. The van der Waals surface area contributed by atoms with Crippen molar-refractivity contribution in [3.05, 3.63) is 10.0 Å². The van der Waals surface area contributed by atoms with Gasteiger partial charge in [0.15, 0.2) is 6.04 Å². The summed E-state index contributed by atoms with van der Waals surface area (Å²) in [6.45, 7) is 4.26. The maximum atomic E-state index is 11.8. The number of methoxy groups -OCH3 is 1. The van der Waals surface area contributed by atoms with Crippen molar-refractivity contribution in [2.24, 2.45) is 11.5 Å². The van der Waals surface area contributed by atoms with E-state index in [1.807, 2.05) is 0 Å². The van der Waals surface area contributed by atoms with Gasteiger partial charge in [0.25, 0.3) is 0 Å². The van der Waals surface area contributed by atoms with Gasteiger partial charge in [0.1, 0.15) is 10.0 Å². The van der Waals surface area contributed by atoms with Crippen LogP contribution in [0.5, 0.6) is 0 Å². The molecule has 1 rings (SSSR count). The summed E-state index contributed by atoms with van der Waals surface area (Å²) in [4.78, 5) is 32.4. The van der Waals surface area contributed by atoms with Crippen molar-refractivity contribution in [1.82, 2.24) is 20.8 Å². The first-order valence-corrected chi connectivity index (χ1v) is 8.63. The van der Waals surface area contributed by atoms with Crippen molar-refractivity contribution in [2.45, 2.75) is 51.6 Å². The average Bonchev–Trinajstić information content (AvgIpc) is 3.04. The number of nitrogens with one attached hydrogen (secondary N) is 2. The number of nitrogens with two attached hydrogens (primary N) is 2. The first-order valence-electron chi connectivity index (χ1n) is 7.81. The lowest BCUT2D eigenvalue weighted by molar-refractivity contribution is -0.145. The fourth-order valence-electron chi connectivity index (χ4n) is 1.53. The van der Waals surface area contributed by atoms with Crippen LogP contribution in [0.4, 0.5) is 4.79 Å². The minimum absolute atomic E-state index is 0.0593. The van der Waals surface area contributed by atoms with Crippen LogP contribution in [0.15, 0.2) is 0 Å². The van der Waals surface area contributed by atoms with Crippen molar-refractivity contribution in [3.63, 3.8) is 0 Å². The topological polar surface area (TPSA) is 203 Å². The summed E-state index contributed by atoms with van der Waals surface area (Å²) in [6, 6.07) is -2.49. The summed E-state index contributed by atoms with van der Waals surface area (Å²) in [5, 5.41) is 32.3. The second-order valence-corrected chi connectivity index (χ2v) is 6.57. The number of carbonyl (C=O) groups excluding carboxylic acids is 3. The predicted octanol–water partition coefficient (Wildman–Crippen LogP) is -1.87. The highest BCUT2D eigenvalue weighted by Gasteiger charge is 2.26. The fraction of sp³-hybridized carbons (Fsp3) is 0.643. The smallest absolute Gasteiger partial charge is 0.331 e. The largest absolute Gasteiger partial charge is 0.467 e. The van der Waals surface area contributed by atoms with Crippen LogP contribution in [0.1, 0.15) is 36.8 Å². The molecule has 0 bridgehead atoms. The van der Waals surface area contributed by atoms with Crippen LogP contribution in [-0.2, 0) is 20.9 Å². The average molecular weight is 406 g/mol. The normalized spacial score (nSPS) is 14.6. The van der Waals surface area contributed by atoms with E-state index in [4.69, 9.17) is 5.73 Å². The summed E-state index contributed by atoms with van der Waals surface area (Å²) < 4.78 is 4.49. The number of esters is 1. The molecule has 0 spiro atoms. The number of carbonyl (C=O) groups is 3. The van der Waals surface area contributed by atoms with Crippen LogP contribution in [0.2, 0.25) is 0 Å². The Balaban J connectivity index is 0.00000153. The number of ether oxygens (including phenoxy) is 1. The molecule has 0 saturated carbocycles. The number of hydrogen-bond acceptors (Lipinski definition) is 10. The molecule has 0 aliphatic rings. The van der Waals surface area contributed by atoms with Crippen molar-refractivity contribution in [3.8, 4) is 0 Å². The number of aliphatic hydroxyl groups is 2. The first kappa shape index (κ1) is 24.7. The second kappa shape index (κ2) is 12.1. The van der Waals surface area contributed by atoms with E-state index in [9.17, 15) is 24.6 Å². The lowest BCUT2D eigenvalue weighted by atomic mass is 10.2. The fourth-order valence-corrected chi connectivity index (χ4v) is 2.41. The van der Waals surface area contributed by atoms with Crippen molar-refractivity contribution in [1.29, 1.82) is 0 Å².